The average Bonchev–Trinajstić information content (AvgIpc) is 2.42. The molecule has 0 radical (unpaired) electrons. The monoisotopic (exact) mass is 297 g/mol. The summed E-state index contributed by atoms with van der Waals surface area (Å²) < 4.78 is 1.27. The number of hydrogen-bond acceptors (Lipinski definition) is 3. The van der Waals surface area contributed by atoms with Crippen LogP contribution in [0.2, 0.25) is 0 Å². The van der Waals surface area contributed by atoms with Gasteiger partial charge in [0, 0.05) is 11.9 Å². The Morgan fingerprint density at radius 1 is 1.36 bits per heavy atom. The maximum Gasteiger partial charge on any atom is 0.289 e. The van der Waals surface area contributed by atoms with Gasteiger partial charge in [-0.25, -0.2) is 4.68 Å². The topological polar surface area (TPSA) is 58.1 Å². The number of rotatable bonds is 5. The van der Waals surface area contributed by atoms with Crippen molar-refractivity contribution in [3.63, 3.8) is 0 Å². The minimum Gasteiger partial charge on any atom is -0.266 e. The molecule has 116 valence electrons. The number of nitrogens with zero attached hydrogens (tertiary/aromatic N) is 3. The predicted molar refractivity (Wildman–Crippen MR) is 91.2 cm³/mol. The summed E-state index contributed by atoms with van der Waals surface area (Å²) in [5, 5.41) is 13.2. The van der Waals surface area contributed by atoms with Crippen molar-refractivity contribution in [2.24, 2.45) is 5.10 Å². The van der Waals surface area contributed by atoms with Crippen LogP contribution < -0.4 is 5.56 Å². The molecule has 0 saturated carbocycles. The van der Waals surface area contributed by atoms with Crippen molar-refractivity contribution in [1.29, 1.82) is 5.26 Å². The summed E-state index contributed by atoms with van der Waals surface area (Å²) in [6.07, 6.45) is 7.67. The highest BCUT2D eigenvalue weighted by atomic mass is 16.1. The molecule has 0 aliphatic heterocycles. The Labute approximate surface area is 132 Å². The number of pyridine rings is 1. The molecule has 0 aliphatic rings. The summed E-state index contributed by atoms with van der Waals surface area (Å²) in [5.74, 6) is 0. The Bertz CT molecular complexity index is 724. The fourth-order valence-corrected chi connectivity index (χ4v) is 2.06. The van der Waals surface area contributed by atoms with Crippen molar-refractivity contribution in [3.8, 4) is 6.07 Å². The molecule has 22 heavy (non-hydrogen) atoms. The van der Waals surface area contributed by atoms with Gasteiger partial charge in [0.2, 0.25) is 0 Å². The standard InChI is InChI=1S/C18H23N3O/c1-13(2)7-6-8-14(3)9-10-20-21-16(5)11-15(4)17(12-19)18(21)22/h7,9-11H,6,8H2,1-5H3/b14-9+,20-10-. The lowest BCUT2D eigenvalue weighted by molar-refractivity contribution is 0.787. The molecule has 1 aromatic heterocycles. The molecule has 0 spiro atoms. The molecular formula is C18H23N3O. The number of aromatic nitrogens is 1. The molecule has 0 fully saturated rings. The van der Waals surface area contributed by atoms with Crippen molar-refractivity contribution in [3.05, 3.63) is 56.5 Å². The second-order valence-corrected chi connectivity index (χ2v) is 5.67. The largest absolute Gasteiger partial charge is 0.289 e. The smallest absolute Gasteiger partial charge is 0.266 e. The van der Waals surface area contributed by atoms with Crippen LogP contribution in [0.4, 0.5) is 0 Å². The first-order valence-corrected chi connectivity index (χ1v) is 7.33. The van der Waals surface area contributed by atoms with E-state index in [1.165, 1.54) is 15.8 Å². The number of aryl methyl sites for hydroxylation is 2. The van der Waals surface area contributed by atoms with Gasteiger partial charge in [-0.05, 0) is 65.2 Å². The molecule has 4 heteroatoms. The van der Waals surface area contributed by atoms with Gasteiger partial charge in [-0.1, -0.05) is 17.2 Å². The van der Waals surface area contributed by atoms with Gasteiger partial charge < -0.3 is 0 Å². The van der Waals surface area contributed by atoms with Crippen molar-refractivity contribution in [2.45, 2.75) is 47.5 Å². The Morgan fingerprint density at radius 3 is 2.64 bits per heavy atom. The number of nitriles is 1. The molecule has 1 aromatic rings. The molecule has 0 aliphatic carbocycles. The molecule has 0 amide bonds. The van der Waals surface area contributed by atoms with Crippen LogP contribution in [0, 0.1) is 25.2 Å². The summed E-state index contributed by atoms with van der Waals surface area (Å²) >= 11 is 0. The summed E-state index contributed by atoms with van der Waals surface area (Å²) in [6.45, 7) is 9.77. The summed E-state index contributed by atoms with van der Waals surface area (Å²) in [4.78, 5) is 12.2. The van der Waals surface area contributed by atoms with Crippen LogP contribution in [0.15, 0.2) is 39.3 Å². The van der Waals surface area contributed by atoms with Gasteiger partial charge in [-0.15, -0.1) is 0 Å². The first kappa shape index (κ1) is 17.6. The van der Waals surface area contributed by atoms with Gasteiger partial charge >= 0.3 is 0 Å². The van der Waals surface area contributed by atoms with E-state index in [-0.39, 0.29) is 11.1 Å². The number of hydrogen-bond donors (Lipinski definition) is 0. The lowest BCUT2D eigenvalue weighted by Gasteiger charge is -2.05. The van der Waals surface area contributed by atoms with Crippen LogP contribution >= 0.6 is 0 Å². The van der Waals surface area contributed by atoms with E-state index in [1.54, 1.807) is 26.1 Å². The molecule has 1 heterocycles. The molecule has 0 N–H and O–H groups in total. The maximum atomic E-state index is 12.2. The summed E-state index contributed by atoms with van der Waals surface area (Å²) in [7, 11) is 0. The molecule has 1 rings (SSSR count). The molecule has 0 atom stereocenters. The van der Waals surface area contributed by atoms with Gasteiger partial charge in [0.1, 0.15) is 11.6 Å². The van der Waals surface area contributed by atoms with E-state index < -0.39 is 0 Å². The van der Waals surface area contributed by atoms with Crippen LogP contribution in [-0.2, 0) is 0 Å². The van der Waals surface area contributed by atoms with Crippen molar-refractivity contribution in [1.82, 2.24) is 4.68 Å². The van der Waals surface area contributed by atoms with E-state index in [0.29, 0.717) is 11.3 Å². The quantitative estimate of drug-likeness (QED) is 0.612. The highest BCUT2D eigenvalue weighted by Gasteiger charge is 2.08. The average molecular weight is 297 g/mol. The van der Waals surface area contributed by atoms with E-state index in [4.69, 9.17) is 5.26 Å². The minimum atomic E-state index is -0.369. The van der Waals surface area contributed by atoms with Crippen molar-refractivity contribution >= 4 is 6.21 Å². The Kier molecular flexibility index (Phi) is 6.52. The fourth-order valence-electron chi connectivity index (χ4n) is 2.06. The highest BCUT2D eigenvalue weighted by molar-refractivity contribution is 5.71. The first-order valence-electron chi connectivity index (χ1n) is 7.33. The van der Waals surface area contributed by atoms with Gasteiger partial charge in [-0.2, -0.15) is 10.4 Å². The van der Waals surface area contributed by atoms with Crippen LogP contribution in [-0.4, -0.2) is 10.9 Å². The van der Waals surface area contributed by atoms with Crippen LogP contribution in [0.3, 0.4) is 0 Å². The zero-order chi connectivity index (χ0) is 16.7. The fraction of sp³-hybridized carbons (Fsp3) is 0.389. The van der Waals surface area contributed by atoms with Crippen LogP contribution in [0.1, 0.15) is 50.4 Å². The first-order chi connectivity index (χ1) is 10.4. The van der Waals surface area contributed by atoms with E-state index in [9.17, 15) is 4.79 Å². The maximum absolute atomic E-state index is 12.2. The minimum absolute atomic E-state index is 0.145. The lowest BCUT2D eigenvalue weighted by atomic mass is 10.1. The molecule has 0 bridgehead atoms. The third-order valence-corrected chi connectivity index (χ3v) is 3.30. The van der Waals surface area contributed by atoms with E-state index in [0.717, 1.165) is 12.8 Å². The van der Waals surface area contributed by atoms with Gasteiger partial charge in [0.05, 0.1) is 0 Å². The Balaban J connectivity index is 2.94. The molecule has 4 nitrogen and oxygen atoms in total. The van der Waals surface area contributed by atoms with Crippen molar-refractivity contribution in [2.75, 3.05) is 0 Å². The molecule has 0 saturated heterocycles. The van der Waals surface area contributed by atoms with E-state index >= 15 is 0 Å². The summed E-state index contributed by atoms with van der Waals surface area (Å²) in [6, 6.07) is 3.73. The second-order valence-electron chi connectivity index (χ2n) is 5.67. The van der Waals surface area contributed by atoms with Gasteiger partial charge in [0.15, 0.2) is 0 Å². The van der Waals surface area contributed by atoms with Crippen LogP contribution in [0.25, 0.3) is 0 Å². The summed E-state index contributed by atoms with van der Waals surface area (Å²) in [5.41, 5.74) is 3.68. The Morgan fingerprint density at radius 2 is 2.05 bits per heavy atom. The molecule has 0 aromatic carbocycles. The zero-order valence-corrected chi connectivity index (χ0v) is 14.0. The normalized spacial score (nSPS) is 11.5. The molecular weight excluding hydrogens is 274 g/mol. The van der Waals surface area contributed by atoms with E-state index in [2.05, 4.69) is 25.0 Å². The van der Waals surface area contributed by atoms with Crippen molar-refractivity contribution < 1.29 is 0 Å². The van der Waals surface area contributed by atoms with Crippen LogP contribution in [0.5, 0.6) is 0 Å². The zero-order valence-electron chi connectivity index (χ0n) is 14.0. The third-order valence-electron chi connectivity index (χ3n) is 3.30. The second kappa shape index (κ2) is 8.14. The van der Waals surface area contributed by atoms with E-state index in [1.807, 2.05) is 19.1 Å². The lowest BCUT2D eigenvalue weighted by Crippen LogP contribution is -2.22. The predicted octanol–water partition coefficient (Wildman–Crippen LogP) is 3.86. The highest BCUT2D eigenvalue weighted by Crippen LogP contribution is 2.07. The Hall–Kier alpha value is -2.41. The number of allylic oxidation sites excluding steroid dienone is 4. The SMILES string of the molecule is CC(C)=CCC/C(C)=C/C=N\n1c(C)cc(C)c(C#N)c1=O. The van der Waals surface area contributed by atoms with Gasteiger partial charge in [0.25, 0.3) is 5.56 Å². The third kappa shape index (κ3) is 4.85. The van der Waals surface area contributed by atoms with Gasteiger partial charge in [-0.3, -0.25) is 4.79 Å². The molecule has 0 unspecified atom stereocenters.